The van der Waals surface area contributed by atoms with Crippen LogP contribution in [0.25, 0.3) is 0 Å². The summed E-state index contributed by atoms with van der Waals surface area (Å²) in [5.41, 5.74) is -1.03. The molecule has 0 heterocycles. The van der Waals surface area contributed by atoms with Crippen molar-refractivity contribution in [3.8, 4) is 0 Å². The minimum Gasteiger partial charge on any atom is -0.385 e. The van der Waals surface area contributed by atoms with Gasteiger partial charge in [0.15, 0.2) is 0 Å². The fraction of sp³-hybridized carbons (Fsp3) is 0.600. The van der Waals surface area contributed by atoms with E-state index in [2.05, 4.69) is 0 Å². The fourth-order valence-electron chi connectivity index (χ4n) is 2.37. The predicted molar refractivity (Wildman–Crippen MR) is 71.3 cm³/mol. The topological polar surface area (TPSA) is 29.5 Å². The normalized spacial score (nSPS) is 14.3. The molecular weight excluding hydrogens is 269 g/mol. The van der Waals surface area contributed by atoms with E-state index in [1.165, 1.54) is 12.1 Å². The van der Waals surface area contributed by atoms with E-state index in [0.29, 0.717) is 25.0 Å². The van der Waals surface area contributed by atoms with Crippen LogP contribution in [-0.2, 0) is 10.9 Å². The number of aliphatic hydroxyl groups excluding tert-OH is 1. The molecule has 1 aromatic carbocycles. The van der Waals surface area contributed by atoms with Gasteiger partial charge in [-0.15, -0.1) is 0 Å². The Morgan fingerprint density at radius 1 is 1.05 bits per heavy atom. The molecule has 0 saturated heterocycles. The standard InChI is InChI=1S/C15H21F3O2/c1-4-14(5-2,20-6-3)13(19)11-7-9-12(10-8-11)15(16,17)18/h7-10,13,19H,4-6H2,1-3H3. The lowest BCUT2D eigenvalue weighted by molar-refractivity contribution is -0.137. The molecule has 0 fully saturated rings. The van der Waals surface area contributed by atoms with E-state index in [0.717, 1.165) is 12.1 Å². The van der Waals surface area contributed by atoms with Gasteiger partial charge in [0, 0.05) is 6.61 Å². The van der Waals surface area contributed by atoms with E-state index in [9.17, 15) is 18.3 Å². The second kappa shape index (κ2) is 6.59. The number of aliphatic hydroxyl groups is 1. The van der Waals surface area contributed by atoms with Crippen LogP contribution in [0.4, 0.5) is 13.2 Å². The molecule has 1 N–H and O–H groups in total. The second-order valence-electron chi connectivity index (χ2n) is 4.73. The molecule has 1 aromatic rings. The summed E-state index contributed by atoms with van der Waals surface area (Å²) in [6, 6.07) is 4.60. The van der Waals surface area contributed by atoms with E-state index < -0.39 is 23.4 Å². The number of alkyl halides is 3. The van der Waals surface area contributed by atoms with Gasteiger partial charge in [-0.1, -0.05) is 26.0 Å². The third-order valence-electron chi connectivity index (χ3n) is 3.68. The quantitative estimate of drug-likeness (QED) is 0.844. The van der Waals surface area contributed by atoms with Crippen molar-refractivity contribution < 1.29 is 23.0 Å². The van der Waals surface area contributed by atoms with Crippen molar-refractivity contribution in [3.05, 3.63) is 35.4 Å². The summed E-state index contributed by atoms with van der Waals surface area (Å²) in [5.74, 6) is 0. The number of halogens is 3. The van der Waals surface area contributed by atoms with Crippen LogP contribution in [0.5, 0.6) is 0 Å². The Morgan fingerprint density at radius 2 is 1.55 bits per heavy atom. The molecule has 0 bridgehead atoms. The monoisotopic (exact) mass is 290 g/mol. The zero-order valence-electron chi connectivity index (χ0n) is 12.0. The highest BCUT2D eigenvalue weighted by Crippen LogP contribution is 2.36. The Hall–Kier alpha value is -1.07. The number of ether oxygens (including phenoxy) is 1. The summed E-state index contributed by atoms with van der Waals surface area (Å²) in [6.45, 7) is 6.07. The molecule has 1 rings (SSSR count). The van der Waals surface area contributed by atoms with Crippen LogP contribution in [0.1, 0.15) is 50.8 Å². The molecule has 20 heavy (non-hydrogen) atoms. The lowest BCUT2D eigenvalue weighted by Crippen LogP contribution is -2.38. The minimum atomic E-state index is -4.37. The Bertz CT molecular complexity index is 408. The van der Waals surface area contributed by atoms with E-state index in [-0.39, 0.29) is 0 Å². The summed E-state index contributed by atoms with van der Waals surface area (Å²) in [6.07, 6.45) is -4.14. The third-order valence-corrected chi connectivity index (χ3v) is 3.68. The van der Waals surface area contributed by atoms with Crippen molar-refractivity contribution in [2.24, 2.45) is 0 Å². The average Bonchev–Trinajstić information content (AvgIpc) is 2.43. The summed E-state index contributed by atoms with van der Waals surface area (Å²) in [5, 5.41) is 10.4. The fourth-order valence-corrected chi connectivity index (χ4v) is 2.37. The highest BCUT2D eigenvalue weighted by Gasteiger charge is 2.37. The molecule has 0 aliphatic heterocycles. The summed E-state index contributed by atoms with van der Waals surface area (Å²) < 4.78 is 43.2. The first-order valence-electron chi connectivity index (χ1n) is 6.80. The van der Waals surface area contributed by atoms with Gasteiger partial charge in [0.1, 0.15) is 6.10 Å². The van der Waals surface area contributed by atoms with Gasteiger partial charge in [0.25, 0.3) is 0 Å². The van der Waals surface area contributed by atoms with Crippen molar-refractivity contribution in [2.45, 2.75) is 51.5 Å². The third kappa shape index (κ3) is 3.52. The van der Waals surface area contributed by atoms with Crippen LogP contribution >= 0.6 is 0 Å². The highest BCUT2D eigenvalue weighted by atomic mass is 19.4. The first kappa shape index (κ1) is 17.0. The van der Waals surface area contributed by atoms with Crippen molar-refractivity contribution in [1.29, 1.82) is 0 Å². The number of hydrogen-bond acceptors (Lipinski definition) is 2. The number of rotatable bonds is 6. The Balaban J connectivity index is 3.04. The van der Waals surface area contributed by atoms with E-state index in [4.69, 9.17) is 4.74 Å². The predicted octanol–water partition coefficient (Wildman–Crippen LogP) is 4.33. The van der Waals surface area contributed by atoms with Crippen LogP contribution in [0, 0.1) is 0 Å². The van der Waals surface area contributed by atoms with Gasteiger partial charge >= 0.3 is 6.18 Å². The maximum absolute atomic E-state index is 12.5. The van der Waals surface area contributed by atoms with Crippen molar-refractivity contribution in [1.82, 2.24) is 0 Å². The maximum atomic E-state index is 12.5. The van der Waals surface area contributed by atoms with Crippen LogP contribution in [0.15, 0.2) is 24.3 Å². The van der Waals surface area contributed by atoms with E-state index in [1.54, 1.807) is 0 Å². The van der Waals surface area contributed by atoms with Crippen LogP contribution in [-0.4, -0.2) is 17.3 Å². The highest BCUT2D eigenvalue weighted by molar-refractivity contribution is 5.27. The first-order valence-corrected chi connectivity index (χ1v) is 6.80. The van der Waals surface area contributed by atoms with Crippen LogP contribution in [0.2, 0.25) is 0 Å². The Labute approximate surface area is 117 Å². The molecule has 5 heteroatoms. The van der Waals surface area contributed by atoms with Gasteiger partial charge < -0.3 is 9.84 Å². The molecule has 0 aliphatic carbocycles. The Kier molecular flexibility index (Phi) is 5.59. The molecule has 0 aromatic heterocycles. The molecule has 0 amide bonds. The zero-order chi connectivity index (χ0) is 15.4. The van der Waals surface area contributed by atoms with Gasteiger partial charge in [-0.25, -0.2) is 0 Å². The molecular formula is C15H21F3O2. The molecule has 1 atom stereocenters. The van der Waals surface area contributed by atoms with Gasteiger partial charge in [-0.3, -0.25) is 0 Å². The summed E-state index contributed by atoms with van der Waals surface area (Å²) in [7, 11) is 0. The lowest BCUT2D eigenvalue weighted by Gasteiger charge is -2.36. The lowest BCUT2D eigenvalue weighted by atomic mass is 9.85. The molecule has 0 aliphatic rings. The molecule has 1 unspecified atom stereocenters. The SMILES string of the molecule is CCOC(CC)(CC)C(O)c1ccc(C(F)(F)F)cc1. The summed E-state index contributed by atoms with van der Waals surface area (Å²) in [4.78, 5) is 0. The van der Waals surface area contributed by atoms with Gasteiger partial charge in [-0.2, -0.15) is 13.2 Å². The maximum Gasteiger partial charge on any atom is 0.416 e. The second-order valence-corrected chi connectivity index (χ2v) is 4.73. The van der Waals surface area contributed by atoms with Gasteiger partial charge in [0.2, 0.25) is 0 Å². The van der Waals surface area contributed by atoms with Crippen molar-refractivity contribution in [3.63, 3.8) is 0 Å². The number of benzene rings is 1. The minimum absolute atomic E-state index is 0.440. The average molecular weight is 290 g/mol. The molecule has 0 spiro atoms. The van der Waals surface area contributed by atoms with Gasteiger partial charge in [0.05, 0.1) is 11.2 Å². The summed E-state index contributed by atoms with van der Waals surface area (Å²) >= 11 is 0. The number of hydrogen-bond donors (Lipinski definition) is 1. The first-order chi connectivity index (χ1) is 9.30. The van der Waals surface area contributed by atoms with Crippen molar-refractivity contribution >= 4 is 0 Å². The van der Waals surface area contributed by atoms with Gasteiger partial charge in [-0.05, 0) is 37.5 Å². The smallest absolute Gasteiger partial charge is 0.385 e. The zero-order valence-corrected chi connectivity index (χ0v) is 12.0. The largest absolute Gasteiger partial charge is 0.416 e. The van der Waals surface area contributed by atoms with Crippen molar-refractivity contribution in [2.75, 3.05) is 6.61 Å². The van der Waals surface area contributed by atoms with Crippen LogP contribution in [0.3, 0.4) is 0 Å². The van der Waals surface area contributed by atoms with E-state index >= 15 is 0 Å². The molecule has 114 valence electrons. The van der Waals surface area contributed by atoms with Crippen LogP contribution < -0.4 is 0 Å². The molecule has 0 radical (unpaired) electrons. The molecule has 2 nitrogen and oxygen atoms in total. The van der Waals surface area contributed by atoms with E-state index in [1.807, 2.05) is 20.8 Å². The Morgan fingerprint density at radius 3 is 1.90 bits per heavy atom. The molecule has 0 saturated carbocycles.